The first-order valence-electron chi connectivity index (χ1n) is 13.1. The van der Waals surface area contributed by atoms with Crippen molar-refractivity contribution in [1.29, 1.82) is 0 Å². The molecule has 5 rings (SSSR count). The second-order valence-corrected chi connectivity index (χ2v) is 11.3. The summed E-state index contributed by atoms with van der Waals surface area (Å²) in [7, 11) is -1.49. The lowest BCUT2D eigenvalue weighted by Gasteiger charge is -2.32. The van der Waals surface area contributed by atoms with Gasteiger partial charge in [-0.3, -0.25) is 9.58 Å². The maximum Gasteiger partial charge on any atom is 0.335 e. The number of carbonyl (C=O) groups is 1. The monoisotopic (exact) mass is 554 g/mol. The number of ether oxygens (including phenoxy) is 1. The fraction of sp³-hybridized carbons (Fsp3) is 0.379. The zero-order valence-corrected chi connectivity index (χ0v) is 24.0. The summed E-state index contributed by atoms with van der Waals surface area (Å²) in [5.74, 6) is 0.0483. The molecule has 2 aromatic carbocycles. The molecule has 0 unspecified atom stereocenters. The number of hydrogen-bond donors (Lipinski definition) is 2. The van der Waals surface area contributed by atoms with Gasteiger partial charge in [0.2, 0.25) is 0 Å². The van der Waals surface area contributed by atoms with Gasteiger partial charge >= 0.3 is 5.97 Å². The quantitative estimate of drug-likeness (QED) is 0.331. The summed E-state index contributed by atoms with van der Waals surface area (Å²) in [6, 6.07) is 12.7. The largest absolute Gasteiger partial charge is 0.496 e. The Morgan fingerprint density at radius 1 is 1.15 bits per heavy atom. The number of sulfone groups is 1. The average molecular weight is 555 g/mol. The van der Waals surface area contributed by atoms with Crippen molar-refractivity contribution in [2.45, 2.75) is 51.1 Å². The van der Waals surface area contributed by atoms with Crippen molar-refractivity contribution in [2.24, 2.45) is 0 Å². The molecule has 9 nitrogen and oxygen atoms in total. The Balaban J connectivity index is 0.000000322. The highest BCUT2D eigenvalue weighted by atomic mass is 32.2. The van der Waals surface area contributed by atoms with Gasteiger partial charge in [0.05, 0.1) is 24.9 Å². The van der Waals surface area contributed by atoms with Gasteiger partial charge in [-0.25, -0.2) is 13.2 Å². The van der Waals surface area contributed by atoms with Gasteiger partial charge in [0.15, 0.2) is 9.84 Å². The van der Waals surface area contributed by atoms with Gasteiger partial charge in [-0.1, -0.05) is 32.0 Å². The lowest BCUT2D eigenvalue weighted by Crippen LogP contribution is -2.34. The van der Waals surface area contributed by atoms with Crippen molar-refractivity contribution in [3.05, 3.63) is 77.7 Å². The zero-order chi connectivity index (χ0) is 28.6. The number of methoxy groups -OCH3 is 1. The fourth-order valence-corrected chi connectivity index (χ4v) is 5.18. The highest BCUT2D eigenvalue weighted by molar-refractivity contribution is 7.90. The highest BCUT2D eigenvalue weighted by Gasteiger charge is 2.24. The number of aromatic carboxylic acids is 1. The molecule has 0 amide bonds. The lowest BCUT2D eigenvalue weighted by molar-refractivity contribution is 0.0697. The van der Waals surface area contributed by atoms with Crippen LogP contribution in [0, 0.1) is 6.92 Å². The Bertz CT molecular complexity index is 1470. The minimum absolute atomic E-state index is 0.235. The highest BCUT2D eigenvalue weighted by Crippen LogP contribution is 2.33. The Morgan fingerprint density at radius 3 is 2.36 bits per heavy atom. The normalized spacial score (nSPS) is 14.2. The summed E-state index contributed by atoms with van der Waals surface area (Å²) in [4.78, 5) is 16.2. The van der Waals surface area contributed by atoms with E-state index in [1.54, 1.807) is 43.6 Å². The number of nitrogens with one attached hydrogen (secondary N) is 1. The molecule has 0 bridgehead atoms. The van der Waals surface area contributed by atoms with E-state index in [4.69, 9.17) is 9.84 Å². The number of hydrogen-bond acceptors (Lipinski definition) is 6. The number of H-pyrrole nitrogens is 1. The molecule has 210 valence electrons. The van der Waals surface area contributed by atoms with E-state index in [9.17, 15) is 13.2 Å². The number of rotatable bonds is 6. The number of fused-ring (bicyclic) bond motifs is 1. The molecule has 1 aliphatic rings. The van der Waals surface area contributed by atoms with Crippen LogP contribution in [0.4, 0.5) is 0 Å². The van der Waals surface area contributed by atoms with Crippen molar-refractivity contribution < 1.29 is 23.1 Å². The zero-order valence-electron chi connectivity index (χ0n) is 23.2. The SMILES string of the molecule is CC.COc1cc(C)c2[nH]ccc2c1CN1CCC(n2cc(S(C)(=O)=O)cn2)CC1.O=C(O)c1ccccc1. The van der Waals surface area contributed by atoms with Crippen LogP contribution in [0.2, 0.25) is 0 Å². The van der Waals surface area contributed by atoms with Crippen molar-refractivity contribution in [1.82, 2.24) is 19.7 Å². The maximum atomic E-state index is 11.7. The van der Waals surface area contributed by atoms with E-state index in [0.717, 1.165) is 43.7 Å². The molecule has 10 heteroatoms. The van der Waals surface area contributed by atoms with E-state index in [1.807, 2.05) is 24.7 Å². The van der Waals surface area contributed by atoms with Crippen LogP contribution >= 0.6 is 0 Å². The molecule has 1 saturated heterocycles. The lowest BCUT2D eigenvalue weighted by atomic mass is 10.0. The molecule has 0 aliphatic carbocycles. The van der Waals surface area contributed by atoms with Gasteiger partial charge < -0.3 is 14.8 Å². The summed E-state index contributed by atoms with van der Waals surface area (Å²) in [6.45, 7) is 8.78. The van der Waals surface area contributed by atoms with Crippen LogP contribution in [0.1, 0.15) is 54.2 Å². The predicted molar refractivity (Wildman–Crippen MR) is 153 cm³/mol. The molecule has 1 aliphatic heterocycles. The van der Waals surface area contributed by atoms with Crippen LogP contribution < -0.4 is 4.74 Å². The summed E-state index contributed by atoms with van der Waals surface area (Å²) in [6.07, 6.45) is 8.17. The molecule has 0 radical (unpaired) electrons. The first-order chi connectivity index (χ1) is 18.7. The maximum absolute atomic E-state index is 11.7. The average Bonchev–Trinajstić information content (AvgIpc) is 3.64. The topological polar surface area (TPSA) is 118 Å². The number of carboxylic acids is 1. The van der Waals surface area contributed by atoms with Crippen LogP contribution in [0.15, 0.2) is 66.0 Å². The Hall–Kier alpha value is -3.63. The van der Waals surface area contributed by atoms with E-state index >= 15 is 0 Å². The second-order valence-electron chi connectivity index (χ2n) is 9.25. The molecule has 0 spiro atoms. The van der Waals surface area contributed by atoms with E-state index in [0.29, 0.717) is 5.56 Å². The van der Waals surface area contributed by atoms with E-state index < -0.39 is 15.8 Å². The molecule has 4 aromatic rings. The number of carboxylic acid groups (broad SMARTS) is 1. The van der Waals surface area contributed by atoms with Crippen molar-refractivity contribution in [3.8, 4) is 5.75 Å². The predicted octanol–water partition coefficient (Wildman–Crippen LogP) is 5.33. The molecule has 1 fully saturated rings. The van der Waals surface area contributed by atoms with Crippen molar-refractivity contribution >= 4 is 26.7 Å². The first kappa shape index (κ1) is 29.9. The third-order valence-corrected chi connectivity index (χ3v) is 7.74. The Morgan fingerprint density at radius 2 is 1.82 bits per heavy atom. The van der Waals surface area contributed by atoms with Gasteiger partial charge in [0.25, 0.3) is 0 Å². The summed E-state index contributed by atoms with van der Waals surface area (Å²) < 4.78 is 30.8. The van der Waals surface area contributed by atoms with Gasteiger partial charge in [0, 0.05) is 54.8 Å². The standard InChI is InChI=1S/C20H26N4O3S.C7H6O2.C2H6/c1-14-10-19(27-2)18(17-4-7-21-20(14)17)13-23-8-5-15(6-9-23)24-12-16(11-22-24)28(3,25)26;8-7(9)6-4-2-1-3-5-6;1-2/h4,7,10-12,15,21H,5-6,8-9,13H2,1-3H3;1-5H,(H,8,9);1-2H3. The smallest absolute Gasteiger partial charge is 0.335 e. The molecule has 0 atom stereocenters. The first-order valence-corrected chi connectivity index (χ1v) is 14.9. The number of aromatic nitrogens is 3. The van der Waals surface area contributed by atoms with Gasteiger partial charge in [0.1, 0.15) is 10.6 Å². The van der Waals surface area contributed by atoms with E-state index in [-0.39, 0.29) is 10.9 Å². The fourth-order valence-electron chi connectivity index (χ4n) is 4.64. The molecular weight excluding hydrogens is 516 g/mol. The van der Waals surface area contributed by atoms with Gasteiger partial charge in [-0.15, -0.1) is 0 Å². The van der Waals surface area contributed by atoms with Crippen molar-refractivity contribution in [3.63, 3.8) is 0 Å². The van der Waals surface area contributed by atoms with E-state index in [2.05, 4.69) is 34.0 Å². The Labute approximate surface area is 230 Å². The van der Waals surface area contributed by atoms with Crippen LogP contribution in [-0.2, 0) is 16.4 Å². The summed E-state index contributed by atoms with van der Waals surface area (Å²) in [5, 5.41) is 13.9. The summed E-state index contributed by atoms with van der Waals surface area (Å²) >= 11 is 0. The van der Waals surface area contributed by atoms with Crippen LogP contribution in [0.3, 0.4) is 0 Å². The molecule has 39 heavy (non-hydrogen) atoms. The molecule has 3 heterocycles. The van der Waals surface area contributed by atoms with Crippen molar-refractivity contribution in [2.75, 3.05) is 26.5 Å². The van der Waals surface area contributed by atoms with Crippen LogP contribution in [0.25, 0.3) is 10.9 Å². The van der Waals surface area contributed by atoms with Gasteiger partial charge in [-0.2, -0.15) is 5.10 Å². The molecule has 2 aromatic heterocycles. The van der Waals surface area contributed by atoms with E-state index in [1.165, 1.54) is 29.0 Å². The number of benzene rings is 2. The third-order valence-electron chi connectivity index (χ3n) is 6.67. The molecular formula is C29H38N4O5S. The van der Waals surface area contributed by atoms with Crippen LogP contribution in [0.5, 0.6) is 5.75 Å². The third kappa shape index (κ3) is 7.48. The number of piperidine rings is 1. The Kier molecular flexibility index (Phi) is 10.3. The minimum atomic E-state index is -3.21. The number of nitrogens with zero attached hydrogens (tertiary/aromatic N) is 3. The number of aryl methyl sites for hydroxylation is 1. The van der Waals surface area contributed by atoms with Crippen LogP contribution in [-0.4, -0.2) is 65.6 Å². The van der Waals surface area contributed by atoms with Gasteiger partial charge in [-0.05, 0) is 49.6 Å². The number of aromatic amines is 1. The summed E-state index contributed by atoms with van der Waals surface area (Å²) in [5.41, 5.74) is 3.88. The molecule has 2 N–H and O–H groups in total. The second kappa shape index (κ2) is 13.4. The molecule has 0 saturated carbocycles. The minimum Gasteiger partial charge on any atom is -0.496 e. The number of likely N-dealkylation sites (tertiary alicyclic amines) is 1.